The molecule has 9 heteroatoms. The Bertz CT molecular complexity index is 2200. The van der Waals surface area contributed by atoms with E-state index in [4.69, 9.17) is 30.5 Å². The summed E-state index contributed by atoms with van der Waals surface area (Å²) in [6.07, 6.45) is 0. The van der Waals surface area contributed by atoms with Crippen LogP contribution in [0.25, 0.3) is 11.1 Å². The topological polar surface area (TPSA) is 91.4 Å². The summed E-state index contributed by atoms with van der Waals surface area (Å²) in [4.78, 5) is 47.7. The van der Waals surface area contributed by atoms with Crippen LogP contribution >= 0.6 is 11.6 Å². The number of imide groups is 1. The zero-order valence-corrected chi connectivity index (χ0v) is 27.1. The molecule has 3 aliphatic heterocycles. The normalized spacial score (nSPS) is 25.5. The Balaban J connectivity index is 1.37. The number of fused-ring (bicyclic) bond motifs is 7. The van der Waals surface area contributed by atoms with Gasteiger partial charge in [-0.1, -0.05) is 90.5 Å². The molecule has 2 bridgehead atoms. The zero-order valence-electron chi connectivity index (χ0n) is 26.3. The fourth-order valence-corrected chi connectivity index (χ4v) is 9.28. The summed E-state index contributed by atoms with van der Waals surface area (Å²) < 4.78 is 23.1. The summed E-state index contributed by atoms with van der Waals surface area (Å²) in [5.41, 5.74) is 1.05. The van der Waals surface area contributed by atoms with Gasteiger partial charge >= 0.3 is 0 Å². The molecule has 244 valence electrons. The summed E-state index contributed by atoms with van der Waals surface area (Å²) in [5, 5.41) is 0.384. The first-order valence-electron chi connectivity index (χ1n) is 16.3. The first kappa shape index (κ1) is 29.1. The van der Waals surface area contributed by atoms with E-state index in [1.807, 2.05) is 97.1 Å². The van der Waals surface area contributed by atoms with Crippen LogP contribution in [0.5, 0.6) is 23.0 Å². The quantitative estimate of drug-likeness (QED) is 0.185. The molecule has 3 heterocycles. The number of nitrogens with zero attached hydrogens (tertiary/aromatic N) is 1. The van der Waals surface area contributed by atoms with Crippen molar-refractivity contribution in [3.8, 4) is 23.0 Å². The standard InChI is InChI=1S/C41H26ClNO7/c42-27-12-7-13-28(20-27)43-37(44)35-36(38(43)45)41(26-10-5-2-6-11-26)34(24-15-17-30-32(19-24)50-22-48-30)33(23-14-16-29-31(18-23)49-21-47-29)40(35,39(41)46)25-8-3-1-4-9-25/h1-20,35-36H,21-22H2/t35-,36-,40+,41+/m1/s1. The first-order valence-corrected chi connectivity index (χ1v) is 16.7. The lowest BCUT2D eigenvalue weighted by atomic mass is 9.59. The second-order valence-electron chi connectivity index (χ2n) is 13.0. The van der Waals surface area contributed by atoms with Gasteiger partial charge in [0.15, 0.2) is 28.8 Å². The van der Waals surface area contributed by atoms with Gasteiger partial charge in [0.25, 0.3) is 0 Å². The van der Waals surface area contributed by atoms with E-state index in [2.05, 4.69) is 0 Å². The fraction of sp³-hybridized carbons (Fsp3) is 0.146. The van der Waals surface area contributed by atoms with Crippen LogP contribution in [-0.2, 0) is 25.2 Å². The maximum atomic E-state index is 16.2. The molecule has 0 N–H and O–H groups in total. The average molecular weight is 680 g/mol. The lowest BCUT2D eigenvalue weighted by Gasteiger charge is -2.39. The number of Topliss-reactive ketones (excluding diaryl/α,β-unsaturated/α-hetero) is 1. The van der Waals surface area contributed by atoms with Gasteiger partial charge in [0, 0.05) is 5.02 Å². The highest BCUT2D eigenvalue weighted by Gasteiger charge is 2.82. The van der Waals surface area contributed by atoms with Gasteiger partial charge in [-0.05, 0) is 75.9 Å². The number of amides is 2. The van der Waals surface area contributed by atoms with Crippen molar-refractivity contribution < 1.29 is 33.3 Å². The van der Waals surface area contributed by atoms with Crippen molar-refractivity contribution in [3.63, 3.8) is 0 Å². The molecular weight excluding hydrogens is 654 g/mol. The van der Waals surface area contributed by atoms with Crippen LogP contribution in [-0.4, -0.2) is 31.2 Å². The first-order chi connectivity index (χ1) is 24.5. The third kappa shape index (κ3) is 3.53. The monoisotopic (exact) mass is 679 g/mol. The molecule has 5 aliphatic rings. The van der Waals surface area contributed by atoms with Crippen LogP contribution in [0.3, 0.4) is 0 Å². The molecule has 2 aliphatic carbocycles. The van der Waals surface area contributed by atoms with Gasteiger partial charge in [0.2, 0.25) is 25.4 Å². The lowest BCUT2D eigenvalue weighted by molar-refractivity contribution is -0.130. The third-order valence-corrected chi connectivity index (χ3v) is 11.1. The van der Waals surface area contributed by atoms with Crippen LogP contribution in [0, 0.1) is 11.8 Å². The molecule has 10 rings (SSSR count). The number of carbonyl (C=O) groups is 3. The Hall–Kier alpha value is -5.86. The number of halogens is 1. The highest BCUT2D eigenvalue weighted by molar-refractivity contribution is 6.39. The number of allylic oxidation sites excluding steroid dienone is 2. The van der Waals surface area contributed by atoms with Crippen molar-refractivity contribution in [3.05, 3.63) is 149 Å². The SMILES string of the molecule is O=C1[C@H]2[C@H](C(=O)N1c1cccc(Cl)c1)[C@@]1(c3ccccc3)C(=O)[C@@]2(c2ccccc2)C(c2ccc3c(c2)OCO3)=C1c1ccc2c(c1)OCO2. The predicted octanol–water partition coefficient (Wildman–Crippen LogP) is 6.99. The number of benzene rings is 5. The molecule has 0 unspecified atom stereocenters. The van der Waals surface area contributed by atoms with E-state index in [0.29, 0.717) is 67.1 Å². The molecule has 2 fully saturated rings. The smallest absolute Gasteiger partial charge is 0.239 e. The third-order valence-electron chi connectivity index (χ3n) is 10.8. The Labute approximate surface area is 291 Å². The molecule has 4 atom stereocenters. The van der Waals surface area contributed by atoms with E-state index < -0.39 is 34.5 Å². The Kier molecular flexibility index (Phi) is 6.01. The number of hydrogen-bond acceptors (Lipinski definition) is 7. The van der Waals surface area contributed by atoms with Crippen molar-refractivity contribution in [2.24, 2.45) is 11.8 Å². The summed E-state index contributed by atoms with van der Waals surface area (Å²) in [7, 11) is 0. The summed E-state index contributed by atoms with van der Waals surface area (Å²) in [5.74, 6) is -1.10. The van der Waals surface area contributed by atoms with Crippen molar-refractivity contribution in [1.29, 1.82) is 0 Å². The van der Waals surface area contributed by atoms with Gasteiger partial charge in [0.05, 0.1) is 28.4 Å². The minimum Gasteiger partial charge on any atom is -0.454 e. The van der Waals surface area contributed by atoms with Gasteiger partial charge in [-0.3, -0.25) is 14.4 Å². The van der Waals surface area contributed by atoms with Crippen molar-refractivity contribution in [2.45, 2.75) is 10.8 Å². The van der Waals surface area contributed by atoms with Crippen molar-refractivity contribution in [2.75, 3.05) is 18.5 Å². The van der Waals surface area contributed by atoms with Crippen molar-refractivity contribution >= 4 is 46.0 Å². The number of ketones is 1. The molecule has 0 aromatic heterocycles. The van der Waals surface area contributed by atoms with Crippen LogP contribution in [0.15, 0.2) is 121 Å². The molecule has 8 nitrogen and oxygen atoms in total. The van der Waals surface area contributed by atoms with Gasteiger partial charge in [-0.25, -0.2) is 4.90 Å². The van der Waals surface area contributed by atoms with Crippen LogP contribution in [0.4, 0.5) is 5.69 Å². The maximum Gasteiger partial charge on any atom is 0.239 e. The Morgan fingerprint density at radius 1 is 0.540 bits per heavy atom. The van der Waals surface area contributed by atoms with E-state index >= 15 is 14.4 Å². The number of ether oxygens (including phenoxy) is 4. The minimum atomic E-state index is -1.58. The maximum absolute atomic E-state index is 16.2. The molecule has 1 saturated carbocycles. The van der Waals surface area contributed by atoms with E-state index in [-0.39, 0.29) is 19.4 Å². The average Bonchev–Trinajstić information content (AvgIpc) is 3.95. The van der Waals surface area contributed by atoms with Gasteiger partial charge in [0.1, 0.15) is 0 Å². The molecule has 50 heavy (non-hydrogen) atoms. The van der Waals surface area contributed by atoms with Crippen LogP contribution in [0.2, 0.25) is 5.02 Å². The van der Waals surface area contributed by atoms with Gasteiger partial charge < -0.3 is 18.9 Å². The largest absolute Gasteiger partial charge is 0.454 e. The number of carbonyl (C=O) groups excluding carboxylic acids is 3. The molecule has 5 aromatic carbocycles. The highest BCUT2D eigenvalue weighted by Crippen LogP contribution is 2.74. The van der Waals surface area contributed by atoms with Crippen LogP contribution < -0.4 is 23.8 Å². The second-order valence-corrected chi connectivity index (χ2v) is 13.4. The Morgan fingerprint density at radius 3 is 1.50 bits per heavy atom. The zero-order chi connectivity index (χ0) is 33.8. The van der Waals surface area contributed by atoms with Crippen LogP contribution in [0.1, 0.15) is 22.3 Å². The van der Waals surface area contributed by atoms with E-state index in [1.54, 1.807) is 24.3 Å². The van der Waals surface area contributed by atoms with E-state index in [1.165, 1.54) is 4.90 Å². The molecule has 0 radical (unpaired) electrons. The summed E-state index contributed by atoms with van der Waals surface area (Å²) >= 11 is 6.42. The summed E-state index contributed by atoms with van der Waals surface area (Å²) in [6.45, 7) is 0.131. The molecule has 5 aromatic rings. The molecule has 2 amide bonds. The van der Waals surface area contributed by atoms with Crippen molar-refractivity contribution in [1.82, 2.24) is 0 Å². The Morgan fingerprint density at radius 2 is 1.02 bits per heavy atom. The van der Waals surface area contributed by atoms with Gasteiger partial charge in [-0.2, -0.15) is 0 Å². The summed E-state index contributed by atoms with van der Waals surface area (Å²) in [6, 6.07) is 36.6. The molecule has 0 spiro atoms. The van der Waals surface area contributed by atoms with Gasteiger partial charge in [-0.15, -0.1) is 0 Å². The molecule has 1 saturated heterocycles. The van der Waals surface area contributed by atoms with E-state index in [9.17, 15) is 0 Å². The molecular formula is C41H26ClNO7. The second kappa shape index (κ2) is 10.3. The fourth-order valence-electron chi connectivity index (χ4n) is 9.10. The van der Waals surface area contributed by atoms with E-state index in [0.717, 1.165) is 0 Å². The minimum absolute atomic E-state index is 0.0653. The number of hydrogen-bond donors (Lipinski definition) is 0. The highest BCUT2D eigenvalue weighted by atomic mass is 35.5. The number of rotatable bonds is 5. The number of anilines is 1. The lowest BCUT2D eigenvalue weighted by Crippen LogP contribution is -2.45. The predicted molar refractivity (Wildman–Crippen MR) is 184 cm³/mol.